The van der Waals surface area contributed by atoms with Crippen molar-refractivity contribution in [1.29, 1.82) is 0 Å². The van der Waals surface area contributed by atoms with Gasteiger partial charge < -0.3 is 9.47 Å². The average molecular weight is 352 g/mol. The van der Waals surface area contributed by atoms with Crippen molar-refractivity contribution in [2.75, 3.05) is 13.2 Å². The number of hydrogen-bond donors (Lipinski definition) is 0. The number of rotatable bonds is 6. The molecule has 1 aromatic rings. The summed E-state index contributed by atoms with van der Waals surface area (Å²) >= 11 is 0. The van der Waals surface area contributed by atoms with Gasteiger partial charge in [0.15, 0.2) is 17.9 Å². The van der Waals surface area contributed by atoms with Crippen molar-refractivity contribution < 1.29 is 18.3 Å². The molecule has 0 amide bonds. The zero-order valence-corrected chi connectivity index (χ0v) is 15.2. The summed E-state index contributed by atoms with van der Waals surface area (Å²) in [6, 6.07) is 3.81. The van der Waals surface area contributed by atoms with Gasteiger partial charge in [0.05, 0.1) is 13.2 Å². The molecule has 25 heavy (non-hydrogen) atoms. The van der Waals surface area contributed by atoms with Crippen LogP contribution in [-0.2, 0) is 9.47 Å². The Kier molecular flexibility index (Phi) is 6.83. The van der Waals surface area contributed by atoms with Crippen LogP contribution in [0.2, 0.25) is 0 Å². The Morgan fingerprint density at radius 3 is 2.04 bits per heavy atom. The molecule has 1 aliphatic carbocycles. The van der Waals surface area contributed by atoms with Gasteiger partial charge in [0.25, 0.3) is 0 Å². The third kappa shape index (κ3) is 5.24. The second-order valence-electron chi connectivity index (χ2n) is 7.79. The molecule has 1 saturated carbocycles. The van der Waals surface area contributed by atoms with E-state index in [1.54, 1.807) is 0 Å². The molecule has 1 aromatic carbocycles. The maximum atomic E-state index is 13.3. The Morgan fingerprint density at radius 1 is 0.840 bits per heavy atom. The third-order valence-corrected chi connectivity index (χ3v) is 5.83. The lowest BCUT2D eigenvalue weighted by Crippen LogP contribution is -2.28. The fourth-order valence-electron chi connectivity index (χ4n) is 4.25. The molecule has 0 N–H and O–H groups in total. The van der Waals surface area contributed by atoms with Gasteiger partial charge in [-0.05, 0) is 30.4 Å². The zero-order chi connectivity index (χ0) is 17.6. The third-order valence-electron chi connectivity index (χ3n) is 5.83. The zero-order valence-electron chi connectivity index (χ0n) is 15.2. The minimum absolute atomic E-state index is 0.412. The first-order valence-corrected chi connectivity index (χ1v) is 9.83. The molecule has 0 bridgehead atoms. The van der Waals surface area contributed by atoms with E-state index in [0.717, 1.165) is 30.4 Å². The molecule has 1 heterocycles. The van der Waals surface area contributed by atoms with Crippen LogP contribution in [0.3, 0.4) is 0 Å². The molecule has 2 aliphatic rings. The Hall–Kier alpha value is -1.00. The van der Waals surface area contributed by atoms with E-state index in [9.17, 15) is 8.78 Å². The van der Waals surface area contributed by atoms with Crippen molar-refractivity contribution in [2.24, 2.45) is 17.8 Å². The minimum Gasteiger partial charge on any atom is -0.348 e. The maximum Gasteiger partial charge on any atom is 0.183 e. The standard InChI is InChI=1S/C21H30F2O2/c1-2-3-15-4-6-16(7-5-15)8-9-17-13-24-21(25-14-17)18-10-11-19(22)20(23)12-18/h10-12,15-17,21H,2-9,13-14H2,1H3/t15-,16-,17-,21-. The summed E-state index contributed by atoms with van der Waals surface area (Å²) in [5.74, 6) is 0.531. The molecule has 0 atom stereocenters. The lowest BCUT2D eigenvalue weighted by Gasteiger charge is -2.32. The Balaban J connectivity index is 1.37. The van der Waals surface area contributed by atoms with E-state index in [0.29, 0.717) is 24.7 Å². The highest BCUT2D eigenvalue weighted by molar-refractivity contribution is 5.19. The topological polar surface area (TPSA) is 18.5 Å². The fourth-order valence-corrected chi connectivity index (χ4v) is 4.25. The van der Waals surface area contributed by atoms with E-state index in [1.165, 1.54) is 51.0 Å². The summed E-state index contributed by atoms with van der Waals surface area (Å²) in [6.07, 6.45) is 10.1. The molecule has 0 aromatic heterocycles. The van der Waals surface area contributed by atoms with E-state index < -0.39 is 17.9 Å². The molecule has 0 spiro atoms. The van der Waals surface area contributed by atoms with Crippen molar-refractivity contribution in [1.82, 2.24) is 0 Å². The Labute approximate surface area is 149 Å². The predicted molar refractivity (Wildman–Crippen MR) is 94.1 cm³/mol. The Morgan fingerprint density at radius 2 is 1.44 bits per heavy atom. The van der Waals surface area contributed by atoms with E-state index >= 15 is 0 Å². The van der Waals surface area contributed by atoms with Gasteiger partial charge in [-0.25, -0.2) is 8.78 Å². The predicted octanol–water partition coefficient (Wildman–Crippen LogP) is 6.01. The van der Waals surface area contributed by atoms with Gasteiger partial charge in [-0.1, -0.05) is 57.9 Å². The van der Waals surface area contributed by atoms with Crippen molar-refractivity contribution in [3.63, 3.8) is 0 Å². The average Bonchev–Trinajstić information content (AvgIpc) is 2.64. The first kappa shape index (κ1) is 18.8. The molecule has 3 rings (SSSR count). The molecule has 1 aliphatic heterocycles. The van der Waals surface area contributed by atoms with Crippen molar-refractivity contribution >= 4 is 0 Å². The lowest BCUT2D eigenvalue weighted by atomic mass is 9.77. The second-order valence-corrected chi connectivity index (χ2v) is 7.79. The normalized spacial score (nSPS) is 30.4. The molecule has 2 nitrogen and oxygen atoms in total. The van der Waals surface area contributed by atoms with Crippen LogP contribution in [0.4, 0.5) is 8.78 Å². The maximum absolute atomic E-state index is 13.3. The monoisotopic (exact) mass is 352 g/mol. The first-order valence-electron chi connectivity index (χ1n) is 9.83. The van der Waals surface area contributed by atoms with Crippen LogP contribution >= 0.6 is 0 Å². The first-order chi connectivity index (χ1) is 12.2. The SMILES string of the molecule is CCC[C@H]1CC[C@H](CC[C@H]2CO[C@H](c3ccc(F)c(F)c3)OC2)CC1. The number of hydrogen-bond acceptors (Lipinski definition) is 2. The molecule has 0 unspecified atom stereocenters. The van der Waals surface area contributed by atoms with Crippen molar-refractivity contribution in [3.05, 3.63) is 35.4 Å². The highest BCUT2D eigenvalue weighted by Crippen LogP contribution is 2.35. The van der Waals surface area contributed by atoms with Crippen LogP contribution in [-0.4, -0.2) is 13.2 Å². The van der Waals surface area contributed by atoms with Crippen LogP contribution in [0.5, 0.6) is 0 Å². The number of ether oxygens (including phenoxy) is 2. The van der Waals surface area contributed by atoms with Gasteiger partial charge in [0.2, 0.25) is 0 Å². The number of halogens is 2. The van der Waals surface area contributed by atoms with Crippen molar-refractivity contribution in [2.45, 2.75) is 64.6 Å². The molecular weight excluding hydrogens is 322 g/mol. The van der Waals surface area contributed by atoms with Gasteiger partial charge in [-0.3, -0.25) is 0 Å². The van der Waals surface area contributed by atoms with Gasteiger partial charge in [0.1, 0.15) is 0 Å². The highest BCUT2D eigenvalue weighted by atomic mass is 19.2. The second kappa shape index (κ2) is 9.09. The molecule has 4 heteroatoms. The fraction of sp³-hybridized carbons (Fsp3) is 0.714. The van der Waals surface area contributed by atoms with Crippen LogP contribution in [0, 0.1) is 29.4 Å². The van der Waals surface area contributed by atoms with Crippen LogP contribution in [0.25, 0.3) is 0 Å². The molecule has 140 valence electrons. The summed E-state index contributed by atoms with van der Waals surface area (Å²) in [7, 11) is 0. The van der Waals surface area contributed by atoms with E-state index in [1.807, 2.05) is 0 Å². The van der Waals surface area contributed by atoms with Gasteiger partial charge in [-0.2, -0.15) is 0 Å². The summed E-state index contributed by atoms with van der Waals surface area (Å²) in [4.78, 5) is 0. The van der Waals surface area contributed by atoms with E-state index in [-0.39, 0.29) is 0 Å². The van der Waals surface area contributed by atoms with Crippen LogP contribution < -0.4 is 0 Å². The summed E-state index contributed by atoms with van der Waals surface area (Å²) in [5, 5.41) is 0. The van der Waals surface area contributed by atoms with Gasteiger partial charge in [0, 0.05) is 11.5 Å². The lowest BCUT2D eigenvalue weighted by molar-refractivity contribution is -0.206. The smallest absolute Gasteiger partial charge is 0.183 e. The molecule has 1 saturated heterocycles. The quantitative estimate of drug-likeness (QED) is 0.624. The highest BCUT2D eigenvalue weighted by Gasteiger charge is 2.26. The van der Waals surface area contributed by atoms with Gasteiger partial charge in [-0.15, -0.1) is 0 Å². The van der Waals surface area contributed by atoms with Gasteiger partial charge >= 0.3 is 0 Å². The number of benzene rings is 1. The largest absolute Gasteiger partial charge is 0.348 e. The summed E-state index contributed by atoms with van der Waals surface area (Å²) in [5.41, 5.74) is 0.548. The molecular formula is C21H30F2O2. The molecule has 2 fully saturated rings. The Bertz CT molecular complexity index is 533. The van der Waals surface area contributed by atoms with Crippen molar-refractivity contribution in [3.8, 4) is 0 Å². The van der Waals surface area contributed by atoms with Crippen LogP contribution in [0.1, 0.15) is 70.1 Å². The van der Waals surface area contributed by atoms with Crippen LogP contribution in [0.15, 0.2) is 18.2 Å². The van der Waals surface area contributed by atoms with E-state index in [4.69, 9.17) is 9.47 Å². The minimum atomic E-state index is -0.856. The summed E-state index contributed by atoms with van der Waals surface area (Å²) in [6.45, 7) is 3.55. The molecule has 0 radical (unpaired) electrons. The van der Waals surface area contributed by atoms with E-state index in [2.05, 4.69) is 6.92 Å². The summed E-state index contributed by atoms with van der Waals surface area (Å²) < 4.78 is 37.8.